The Kier molecular flexibility index (Phi) is 10.4. The molecule has 2 aliphatic heterocycles. The lowest BCUT2D eigenvalue weighted by Crippen LogP contribution is -2.58. The van der Waals surface area contributed by atoms with Crippen LogP contribution in [0.4, 0.5) is 4.79 Å². The predicted octanol–water partition coefficient (Wildman–Crippen LogP) is 3.69. The van der Waals surface area contributed by atoms with Crippen LogP contribution in [0.3, 0.4) is 0 Å². The molecule has 2 saturated carbocycles. The van der Waals surface area contributed by atoms with E-state index in [9.17, 15) is 27.6 Å². The van der Waals surface area contributed by atoms with Crippen LogP contribution in [0.25, 0.3) is 11.4 Å². The standard InChI is InChI=1S/C33H42Cl2N8O7S/c1-32(2,3)50-31(47)36-25-10-8-6-4-5-7-9-20-17-33(20,30(46)40-51(48,49)24-11-12-24)37-28(44)26-16-23(18-42(26)29(25)45)43-39-27(38-41-43)19-13-21(34)15-22(35)14-19/h7,9,13-15,20,23-26H,4-6,8,10-12,16-18H2,1-3H3,(H,36,47)(H,37,44)(H,40,46)/b9-7+/t20?,23-,25+,26+,33-/m1/s1. The number of rotatable bonds is 6. The minimum absolute atomic E-state index is 0.0197. The number of halogens is 2. The molecule has 15 nitrogen and oxygen atoms in total. The molecule has 3 N–H and O–H groups in total. The number of benzene rings is 1. The number of amides is 4. The molecule has 6 rings (SSSR count). The van der Waals surface area contributed by atoms with E-state index in [0.29, 0.717) is 47.7 Å². The molecule has 3 fully saturated rings. The van der Waals surface area contributed by atoms with E-state index in [1.165, 1.54) is 9.70 Å². The number of allylic oxidation sites excluding steroid dienone is 1. The summed E-state index contributed by atoms with van der Waals surface area (Å²) < 4.78 is 33.2. The molecule has 1 unspecified atom stereocenters. The maximum absolute atomic E-state index is 14.4. The highest BCUT2D eigenvalue weighted by atomic mass is 35.5. The van der Waals surface area contributed by atoms with Gasteiger partial charge in [0.25, 0.3) is 5.91 Å². The first kappa shape index (κ1) is 37.0. The number of tetrazole rings is 1. The highest BCUT2D eigenvalue weighted by Crippen LogP contribution is 2.46. The van der Waals surface area contributed by atoms with E-state index < -0.39 is 74.3 Å². The van der Waals surface area contributed by atoms with Gasteiger partial charge in [0.1, 0.15) is 23.2 Å². The zero-order valence-corrected chi connectivity index (χ0v) is 30.9. The summed E-state index contributed by atoms with van der Waals surface area (Å²) in [6, 6.07) is 2.06. The third-order valence-corrected chi connectivity index (χ3v) is 11.7. The van der Waals surface area contributed by atoms with E-state index in [1.54, 1.807) is 39.0 Å². The summed E-state index contributed by atoms with van der Waals surface area (Å²) in [6.07, 6.45) is 7.31. The average Bonchev–Trinajstić information content (AvgIpc) is 3.90. The topological polar surface area (TPSA) is 195 Å². The molecule has 5 atom stereocenters. The van der Waals surface area contributed by atoms with Crippen LogP contribution < -0.4 is 15.4 Å². The first-order valence-electron chi connectivity index (χ1n) is 17.2. The Labute approximate surface area is 306 Å². The number of nitrogens with one attached hydrogen (secondary N) is 3. The summed E-state index contributed by atoms with van der Waals surface area (Å²) in [6.45, 7) is 5.13. The first-order chi connectivity index (χ1) is 24.0. The Morgan fingerprint density at radius 2 is 1.78 bits per heavy atom. The van der Waals surface area contributed by atoms with Crippen molar-refractivity contribution in [3.63, 3.8) is 0 Å². The summed E-state index contributed by atoms with van der Waals surface area (Å²) in [5, 5.41) is 18.6. The fourth-order valence-electron chi connectivity index (χ4n) is 6.57. The molecule has 2 aromatic rings. The van der Waals surface area contributed by atoms with Gasteiger partial charge in [0.15, 0.2) is 0 Å². The van der Waals surface area contributed by atoms with E-state index >= 15 is 0 Å². The van der Waals surface area contributed by atoms with Crippen LogP contribution in [0, 0.1) is 5.92 Å². The Hall–Kier alpha value is -3.76. The van der Waals surface area contributed by atoms with Crippen LogP contribution in [0.1, 0.15) is 84.6 Å². The molecule has 0 radical (unpaired) electrons. The van der Waals surface area contributed by atoms with Crippen LogP contribution in [-0.2, 0) is 29.1 Å². The number of aromatic nitrogens is 4. The zero-order valence-electron chi connectivity index (χ0n) is 28.6. The lowest BCUT2D eigenvalue weighted by Gasteiger charge is -2.30. The third kappa shape index (κ3) is 8.66. The zero-order chi connectivity index (χ0) is 36.7. The van der Waals surface area contributed by atoms with Crippen molar-refractivity contribution in [2.75, 3.05) is 6.54 Å². The molecule has 2 aliphatic carbocycles. The van der Waals surface area contributed by atoms with Gasteiger partial charge in [-0.3, -0.25) is 19.1 Å². The van der Waals surface area contributed by atoms with Crippen LogP contribution >= 0.6 is 23.2 Å². The molecule has 51 heavy (non-hydrogen) atoms. The van der Waals surface area contributed by atoms with Crippen molar-refractivity contribution < 1.29 is 32.3 Å². The quantitative estimate of drug-likeness (QED) is 0.365. The summed E-state index contributed by atoms with van der Waals surface area (Å²) >= 11 is 12.4. The van der Waals surface area contributed by atoms with Crippen molar-refractivity contribution in [1.82, 2.24) is 40.5 Å². The van der Waals surface area contributed by atoms with Gasteiger partial charge < -0.3 is 20.3 Å². The molecule has 4 aliphatic rings. The Morgan fingerprint density at radius 3 is 2.47 bits per heavy atom. The van der Waals surface area contributed by atoms with Gasteiger partial charge in [-0.2, -0.15) is 4.80 Å². The van der Waals surface area contributed by atoms with Crippen molar-refractivity contribution >= 4 is 57.0 Å². The van der Waals surface area contributed by atoms with Gasteiger partial charge in [0.2, 0.25) is 27.7 Å². The molecule has 1 saturated heterocycles. The number of alkyl carbamates (subject to hydrolysis) is 1. The number of carbonyl (C=O) groups excluding carboxylic acids is 4. The Morgan fingerprint density at radius 1 is 1.06 bits per heavy atom. The number of hydrogen-bond acceptors (Lipinski definition) is 10. The van der Waals surface area contributed by atoms with Gasteiger partial charge in [-0.25, -0.2) is 13.2 Å². The van der Waals surface area contributed by atoms with Gasteiger partial charge in [0.05, 0.1) is 11.3 Å². The molecule has 1 aromatic heterocycles. The van der Waals surface area contributed by atoms with Crippen molar-refractivity contribution in [1.29, 1.82) is 0 Å². The monoisotopic (exact) mass is 764 g/mol. The predicted molar refractivity (Wildman–Crippen MR) is 187 cm³/mol. The molecular formula is C33H42Cl2N8O7S. The number of hydrogen-bond donors (Lipinski definition) is 3. The van der Waals surface area contributed by atoms with Gasteiger partial charge >= 0.3 is 6.09 Å². The van der Waals surface area contributed by atoms with Crippen molar-refractivity contribution in [2.45, 2.75) is 113 Å². The summed E-state index contributed by atoms with van der Waals surface area (Å²) in [5.41, 5.74) is -1.81. The minimum Gasteiger partial charge on any atom is -0.444 e. The highest BCUT2D eigenvalue weighted by molar-refractivity contribution is 7.91. The second-order valence-electron chi connectivity index (χ2n) is 14.7. The van der Waals surface area contributed by atoms with Crippen molar-refractivity contribution in [3.05, 3.63) is 40.4 Å². The molecule has 3 heterocycles. The second kappa shape index (κ2) is 14.3. The maximum atomic E-state index is 14.4. The summed E-state index contributed by atoms with van der Waals surface area (Å²) in [7, 11) is -3.89. The lowest BCUT2D eigenvalue weighted by atomic mass is 10.0. The number of ether oxygens (including phenoxy) is 1. The molecule has 18 heteroatoms. The van der Waals surface area contributed by atoms with Crippen LogP contribution in [0.2, 0.25) is 10.0 Å². The van der Waals surface area contributed by atoms with E-state index in [2.05, 4.69) is 30.8 Å². The van der Waals surface area contributed by atoms with Crippen LogP contribution in [-0.4, -0.2) is 92.4 Å². The smallest absolute Gasteiger partial charge is 0.408 e. The van der Waals surface area contributed by atoms with Gasteiger partial charge in [0, 0.05) is 34.5 Å². The molecule has 0 bridgehead atoms. The number of nitrogens with zero attached hydrogens (tertiary/aromatic N) is 5. The largest absolute Gasteiger partial charge is 0.444 e. The fourth-order valence-corrected chi connectivity index (χ4v) is 8.46. The van der Waals surface area contributed by atoms with Gasteiger partial charge in [-0.15, -0.1) is 10.2 Å². The van der Waals surface area contributed by atoms with Gasteiger partial charge in [-0.1, -0.05) is 48.2 Å². The summed E-state index contributed by atoms with van der Waals surface area (Å²) in [5.74, 6) is -2.17. The highest BCUT2D eigenvalue weighted by Gasteiger charge is 2.62. The molecule has 4 amide bonds. The summed E-state index contributed by atoms with van der Waals surface area (Å²) in [4.78, 5) is 57.9. The van der Waals surface area contributed by atoms with Crippen molar-refractivity contribution in [3.8, 4) is 11.4 Å². The van der Waals surface area contributed by atoms with E-state index in [1.807, 2.05) is 12.2 Å². The molecular weight excluding hydrogens is 723 g/mol. The van der Waals surface area contributed by atoms with Crippen molar-refractivity contribution in [2.24, 2.45) is 5.92 Å². The molecule has 1 aromatic carbocycles. The van der Waals surface area contributed by atoms with E-state index in [4.69, 9.17) is 27.9 Å². The third-order valence-electron chi connectivity index (χ3n) is 9.43. The fraction of sp³-hybridized carbons (Fsp3) is 0.606. The van der Waals surface area contributed by atoms with E-state index in [-0.39, 0.29) is 25.2 Å². The second-order valence-corrected chi connectivity index (χ2v) is 17.5. The number of carbonyl (C=O) groups is 4. The SMILES string of the molecule is CC(C)(C)OC(=O)N[C@H]1CCCCC/C=C/C2C[C@@]2(C(=O)NS(=O)(=O)C2CC2)NC(=O)[C@@H]2C[C@@H](n3nnc(-c4cc(Cl)cc(Cl)c4)n3)CN2C1=O. The van der Waals surface area contributed by atoms with Crippen LogP contribution in [0.15, 0.2) is 30.4 Å². The minimum atomic E-state index is -3.89. The average molecular weight is 766 g/mol. The number of sulfonamides is 1. The van der Waals surface area contributed by atoms with E-state index in [0.717, 1.165) is 12.8 Å². The molecule has 0 spiro atoms. The Balaban J connectivity index is 1.31. The van der Waals surface area contributed by atoms with Gasteiger partial charge in [-0.05, 0) is 82.7 Å². The normalized spacial score (nSPS) is 28.0. The molecule has 276 valence electrons. The van der Waals surface area contributed by atoms with Crippen LogP contribution in [0.5, 0.6) is 0 Å². The Bertz CT molecular complexity index is 1820. The number of fused-ring (bicyclic) bond motifs is 2. The lowest BCUT2D eigenvalue weighted by molar-refractivity contribution is -0.141. The first-order valence-corrected chi connectivity index (χ1v) is 19.5. The maximum Gasteiger partial charge on any atom is 0.408 e.